The molecule has 0 radical (unpaired) electrons. The first-order valence-electron chi connectivity index (χ1n) is 23.5. The lowest BCUT2D eigenvalue weighted by molar-refractivity contribution is -0.147. The van der Waals surface area contributed by atoms with Crippen LogP contribution in [0.3, 0.4) is 0 Å². The van der Waals surface area contributed by atoms with Crippen molar-refractivity contribution in [3.8, 4) is 0 Å². The van der Waals surface area contributed by atoms with Crippen molar-refractivity contribution in [2.45, 2.75) is 225 Å². The summed E-state index contributed by atoms with van der Waals surface area (Å²) in [6, 6.07) is -1.55. The van der Waals surface area contributed by atoms with Crippen molar-refractivity contribution in [2.24, 2.45) is 0 Å². The number of carbonyl (C=O) groups excluding carboxylic acids is 2. The number of hydrogen-bond acceptors (Lipinski definition) is 8. The molecule has 0 aromatic rings. The van der Waals surface area contributed by atoms with Gasteiger partial charge in [-0.25, -0.2) is 9.36 Å². The number of unbranched alkanes of at least 4 members (excludes halogenated alkanes) is 24. The van der Waals surface area contributed by atoms with Crippen LogP contribution in [0.2, 0.25) is 0 Å². The summed E-state index contributed by atoms with van der Waals surface area (Å²) in [5.41, 5.74) is 0. The van der Waals surface area contributed by atoms with Gasteiger partial charge in [0.1, 0.15) is 12.7 Å². The summed E-state index contributed by atoms with van der Waals surface area (Å²) in [6.07, 6.45) is 45.9. The summed E-state index contributed by atoms with van der Waals surface area (Å²) in [6.45, 7) is 2.56. The molecule has 0 aromatic carbocycles. The second-order valence-corrected chi connectivity index (χ2v) is 17.4. The van der Waals surface area contributed by atoms with Gasteiger partial charge in [0.15, 0.2) is 6.04 Å². The normalized spacial score (nSPS) is 14.0. The Morgan fingerprint density at radius 1 is 0.542 bits per heavy atom. The highest BCUT2D eigenvalue weighted by molar-refractivity contribution is 7.47. The number of amides is 1. The second-order valence-electron chi connectivity index (χ2n) is 15.9. The third kappa shape index (κ3) is 42.2. The standard InChI is InChI=1S/C47H86NO10P/c1-3-5-7-9-11-13-15-17-19-20-21-22-23-24-25-27-29-31-33-35-37-39-46(51)56-40-43(49)41-57-59(54,55)58-42-44(47(52)53)48-45(50)38-36-34-32-30-28-26-18-16-14-12-10-8-6-4-2/h11,13,16-19,43-44,49H,3-10,12,14-15,20-42H2,1-2H3,(H,48,50)(H,52,53)(H,54,55)/b13-11-,18-16-,19-17-. The molecule has 3 unspecified atom stereocenters. The predicted octanol–water partition coefficient (Wildman–Crippen LogP) is 12.4. The zero-order valence-electron chi connectivity index (χ0n) is 37.3. The number of esters is 1. The monoisotopic (exact) mass is 856 g/mol. The van der Waals surface area contributed by atoms with E-state index in [0.717, 1.165) is 64.2 Å². The first-order chi connectivity index (χ1) is 28.6. The van der Waals surface area contributed by atoms with Crippen LogP contribution >= 0.6 is 7.82 Å². The smallest absolute Gasteiger partial charge is 0.472 e. The van der Waals surface area contributed by atoms with E-state index in [9.17, 15) is 34.1 Å². The molecule has 0 rings (SSSR count). The fourth-order valence-electron chi connectivity index (χ4n) is 6.46. The molecule has 0 heterocycles. The van der Waals surface area contributed by atoms with Crippen molar-refractivity contribution in [1.82, 2.24) is 5.32 Å². The van der Waals surface area contributed by atoms with Crippen LogP contribution in [-0.4, -0.2) is 64.9 Å². The molecule has 0 aliphatic rings. The van der Waals surface area contributed by atoms with E-state index in [-0.39, 0.29) is 12.8 Å². The van der Waals surface area contributed by atoms with E-state index in [2.05, 4.69) is 55.6 Å². The van der Waals surface area contributed by atoms with Gasteiger partial charge in [-0.2, -0.15) is 0 Å². The number of ether oxygens (including phenoxy) is 1. The Kier molecular flexibility index (Phi) is 40.7. The highest BCUT2D eigenvalue weighted by atomic mass is 31.2. The van der Waals surface area contributed by atoms with Crippen LogP contribution in [0.1, 0.15) is 213 Å². The van der Waals surface area contributed by atoms with Crippen LogP contribution in [0.5, 0.6) is 0 Å². The minimum atomic E-state index is -4.76. The number of phosphoric ester groups is 1. The zero-order chi connectivity index (χ0) is 43.5. The molecule has 1 amide bonds. The van der Waals surface area contributed by atoms with E-state index in [4.69, 9.17) is 13.8 Å². The number of carboxylic acids is 1. The van der Waals surface area contributed by atoms with Crippen molar-refractivity contribution in [3.63, 3.8) is 0 Å². The maximum Gasteiger partial charge on any atom is 0.472 e. The van der Waals surface area contributed by atoms with E-state index < -0.39 is 57.6 Å². The predicted molar refractivity (Wildman–Crippen MR) is 240 cm³/mol. The average molecular weight is 856 g/mol. The summed E-state index contributed by atoms with van der Waals surface area (Å²) in [7, 11) is -4.76. The van der Waals surface area contributed by atoms with Gasteiger partial charge in [0, 0.05) is 12.8 Å². The van der Waals surface area contributed by atoms with Gasteiger partial charge in [0.2, 0.25) is 5.91 Å². The number of phosphoric acid groups is 1. The third-order valence-electron chi connectivity index (χ3n) is 10.2. The van der Waals surface area contributed by atoms with Crippen LogP contribution in [0.15, 0.2) is 36.5 Å². The number of nitrogens with one attached hydrogen (secondary N) is 1. The molecular formula is C47H86NO10P. The number of carbonyl (C=O) groups is 3. The van der Waals surface area contributed by atoms with Crippen molar-refractivity contribution in [3.05, 3.63) is 36.5 Å². The van der Waals surface area contributed by atoms with Crippen molar-refractivity contribution in [2.75, 3.05) is 19.8 Å². The summed E-state index contributed by atoms with van der Waals surface area (Å²) < 4.78 is 26.9. The molecule has 0 spiro atoms. The van der Waals surface area contributed by atoms with Gasteiger partial charge in [-0.3, -0.25) is 18.6 Å². The molecule has 4 N–H and O–H groups in total. The Balaban J connectivity index is 3.84. The van der Waals surface area contributed by atoms with Crippen LogP contribution in [0, 0.1) is 0 Å². The molecule has 12 heteroatoms. The Bertz CT molecular complexity index is 1140. The van der Waals surface area contributed by atoms with Crippen molar-refractivity contribution >= 4 is 25.7 Å². The average Bonchev–Trinajstić information content (AvgIpc) is 3.21. The van der Waals surface area contributed by atoms with Crippen molar-refractivity contribution < 1.29 is 47.8 Å². The first kappa shape index (κ1) is 56.7. The summed E-state index contributed by atoms with van der Waals surface area (Å²) >= 11 is 0. The molecule has 0 aliphatic heterocycles. The van der Waals surface area contributed by atoms with Crippen molar-refractivity contribution in [1.29, 1.82) is 0 Å². The highest BCUT2D eigenvalue weighted by Gasteiger charge is 2.28. The molecule has 0 aromatic heterocycles. The highest BCUT2D eigenvalue weighted by Crippen LogP contribution is 2.43. The number of aliphatic hydroxyl groups is 1. The van der Waals surface area contributed by atoms with E-state index in [1.54, 1.807) is 0 Å². The van der Waals surface area contributed by atoms with Gasteiger partial charge in [-0.05, 0) is 70.6 Å². The molecular weight excluding hydrogens is 769 g/mol. The first-order valence-corrected chi connectivity index (χ1v) is 25.0. The topological polar surface area (TPSA) is 169 Å². The number of carboxylic acid groups (broad SMARTS) is 1. The maximum absolute atomic E-state index is 12.3. The lowest BCUT2D eigenvalue weighted by Crippen LogP contribution is -2.43. The number of rotatable bonds is 44. The number of allylic oxidation sites excluding steroid dienone is 6. The van der Waals surface area contributed by atoms with Crippen LogP contribution in [0.4, 0.5) is 0 Å². The van der Waals surface area contributed by atoms with E-state index >= 15 is 0 Å². The van der Waals surface area contributed by atoms with Gasteiger partial charge in [-0.15, -0.1) is 0 Å². The summed E-state index contributed by atoms with van der Waals surface area (Å²) in [5.74, 6) is -2.38. The van der Waals surface area contributed by atoms with Crippen LogP contribution in [-0.2, 0) is 32.7 Å². The van der Waals surface area contributed by atoms with Gasteiger partial charge in [0.05, 0.1) is 13.2 Å². The number of aliphatic hydroxyl groups excluding tert-OH is 1. The molecule has 0 saturated carbocycles. The zero-order valence-corrected chi connectivity index (χ0v) is 38.2. The van der Waals surface area contributed by atoms with E-state index in [1.807, 2.05) is 0 Å². The van der Waals surface area contributed by atoms with Gasteiger partial charge >= 0.3 is 19.8 Å². The number of hydrogen-bond donors (Lipinski definition) is 4. The van der Waals surface area contributed by atoms with Crippen LogP contribution < -0.4 is 5.32 Å². The molecule has 59 heavy (non-hydrogen) atoms. The van der Waals surface area contributed by atoms with E-state index in [0.29, 0.717) is 12.8 Å². The lowest BCUT2D eigenvalue weighted by atomic mass is 10.0. The molecule has 3 atom stereocenters. The summed E-state index contributed by atoms with van der Waals surface area (Å²) in [5, 5.41) is 21.8. The van der Waals surface area contributed by atoms with Gasteiger partial charge in [-0.1, -0.05) is 166 Å². The molecule has 0 bridgehead atoms. The summed E-state index contributed by atoms with van der Waals surface area (Å²) in [4.78, 5) is 46.0. The maximum atomic E-state index is 12.3. The van der Waals surface area contributed by atoms with Gasteiger partial charge < -0.3 is 25.2 Å². The molecule has 11 nitrogen and oxygen atoms in total. The Morgan fingerprint density at radius 3 is 1.42 bits per heavy atom. The molecule has 0 saturated heterocycles. The van der Waals surface area contributed by atoms with Gasteiger partial charge in [0.25, 0.3) is 0 Å². The largest absolute Gasteiger partial charge is 0.480 e. The second kappa shape index (κ2) is 42.4. The fourth-order valence-corrected chi connectivity index (χ4v) is 7.23. The SMILES string of the molecule is CCCCC/C=C\C/C=C\CCCCCCCCCCCCCC(=O)OCC(O)COP(=O)(O)OCC(NC(=O)CCCCCCC/C=C\CCCCCCC)C(=O)O. The quantitative estimate of drug-likeness (QED) is 0.0200. The molecule has 0 aliphatic carbocycles. The Hall–Kier alpha value is -2.30. The molecule has 0 fully saturated rings. The Morgan fingerprint density at radius 2 is 0.932 bits per heavy atom. The Labute approximate surface area is 359 Å². The minimum Gasteiger partial charge on any atom is -0.480 e. The van der Waals surface area contributed by atoms with E-state index in [1.165, 1.54) is 109 Å². The minimum absolute atomic E-state index is 0.136. The fraction of sp³-hybridized carbons (Fsp3) is 0.809. The molecule has 344 valence electrons. The van der Waals surface area contributed by atoms with Crippen LogP contribution in [0.25, 0.3) is 0 Å². The lowest BCUT2D eigenvalue weighted by Gasteiger charge is -2.18. The number of aliphatic carboxylic acids is 1. The third-order valence-corrected chi connectivity index (χ3v) is 11.1.